The first-order valence-electron chi connectivity index (χ1n) is 7.34. The van der Waals surface area contributed by atoms with Gasteiger partial charge in [0.2, 0.25) is 5.91 Å². The molecule has 2 fully saturated rings. The van der Waals surface area contributed by atoms with E-state index in [-0.39, 0.29) is 24.3 Å². The Morgan fingerprint density at radius 2 is 1.90 bits per heavy atom. The van der Waals surface area contributed by atoms with E-state index in [0.717, 1.165) is 0 Å². The van der Waals surface area contributed by atoms with Crippen molar-refractivity contribution in [2.24, 2.45) is 5.92 Å². The number of hydrogen-bond acceptors (Lipinski definition) is 3. The van der Waals surface area contributed by atoms with Gasteiger partial charge in [-0.05, 0) is 37.8 Å². The molecule has 0 bridgehead atoms. The second-order valence-corrected chi connectivity index (χ2v) is 5.81. The van der Waals surface area contributed by atoms with Crippen molar-refractivity contribution in [3.63, 3.8) is 0 Å². The summed E-state index contributed by atoms with van der Waals surface area (Å²) >= 11 is 0. The van der Waals surface area contributed by atoms with Crippen LogP contribution in [0, 0.1) is 5.92 Å². The largest absolute Gasteiger partial charge is 0.303 e. The summed E-state index contributed by atoms with van der Waals surface area (Å²) in [5.41, 5.74) is 0.670. The highest BCUT2D eigenvalue weighted by molar-refractivity contribution is 6.22. The Morgan fingerprint density at radius 3 is 2.50 bits per heavy atom. The molecule has 0 aromatic heterocycles. The van der Waals surface area contributed by atoms with Gasteiger partial charge in [-0.2, -0.15) is 0 Å². The zero-order valence-electron chi connectivity index (χ0n) is 11.7. The van der Waals surface area contributed by atoms with E-state index in [1.165, 1.54) is 24.2 Å². The average molecular weight is 272 g/mol. The number of hydrogen-bond donors (Lipinski definition) is 1. The highest BCUT2D eigenvalue weighted by atomic mass is 16.2. The number of amides is 2. The summed E-state index contributed by atoms with van der Waals surface area (Å²) in [5, 5.41) is 3.35. The van der Waals surface area contributed by atoms with Crippen molar-refractivity contribution in [3.05, 3.63) is 30.3 Å². The van der Waals surface area contributed by atoms with Crippen LogP contribution in [-0.4, -0.2) is 23.9 Å². The summed E-state index contributed by atoms with van der Waals surface area (Å²) in [7, 11) is 0. The number of carbonyl (C=O) groups is 2. The molecule has 1 saturated carbocycles. The minimum Gasteiger partial charge on any atom is -0.303 e. The molecule has 1 aromatic rings. The lowest BCUT2D eigenvalue weighted by atomic mass is 9.80. The molecular formula is C16H20N2O2. The Hall–Kier alpha value is -1.68. The Bertz CT molecular complexity index is 510. The predicted molar refractivity (Wildman–Crippen MR) is 77.3 cm³/mol. The van der Waals surface area contributed by atoms with Crippen molar-refractivity contribution in [1.82, 2.24) is 5.32 Å². The maximum Gasteiger partial charge on any atom is 0.251 e. The van der Waals surface area contributed by atoms with Gasteiger partial charge in [0.25, 0.3) is 5.91 Å². The number of carbonyl (C=O) groups excluding carboxylic acids is 2. The molecule has 2 unspecified atom stereocenters. The number of imide groups is 1. The van der Waals surface area contributed by atoms with Gasteiger partial charge in [0.15, 0.2) is 0 Å². The molecular weight excluding hydrogens is 252 g/mol. The van der Waals surface area contributed by atoms with Crippen LogP contribution in [0.2, 0.25) is 0 Å². The third-order valence-corrected chi connectivity index (χ3v) is 4.48. The van der Waals surface area contributed by atoms with Gasteiger partial charge in [0.05, 0.1) is 18.2 Å². The zero-order valence-corrected chi connectivity index (χ0v) is 11.7. The van der Waals surface area contributed by atoms with E-state index >= 15 is 0 Å². The van der Waals surface area contributed by atoms with Crippen LogP contribution in [0.25, 0.3) is 0 Å². The second-order valence-electron chi connectivity index (χ2n) is 5.81. The van der Waals surface area contributed by atoms with Crippen LogP contribution >= 0.6 is 0 Å². The maximum absolute atomic E-state index is 12.4. The SMILES string of the molecule is CC(NC1CC(=O)N(c2ccccc2)C1=O)C1CCC1. The molecule has 1 N–H and O–H groups in total. The molecule has 0 radical (unpaired) electrons. The molecule has 20 heavy (non-hydrogen) atoms. The number of rotatable bonds is 4. The fourth-order valence-corrected chi connectivity index (χ4v) is 3.00. The van der Waals surface area contributed by atoms with Crippen LogP contribution in [-0.2, 0) is 9.59 Å². The van der Waals surface area contributed by atoms with Crippen molar-refractivity contribution in [2.45, 2.75) is 44.7 Å². The molecule has 2 aliphatic rings. The molecule has 2 amide bonds. The fourth-order valence-electron chi connectivity index (χ4n) is 3.00. The molecule has 1 heterocycles. The predicted octanol–water partition coefficient (Wildman–Crippen LogP) is 2.10. The third-order valence-electron chi connectivity index (χ3n) is 4.48. The average Bonchev–Trinajstić information content (AvgIpc) is 2.63. The Morgan fingerprint density at radius 1 is 1.20 bits per heavy atom. The molecule has 4 nitrogen and oxygen atoms in total. The summed E-state index contributed by atoms with van der Waals surface area (Å²) in [6.07, 6.45) is 4.01. The van der Waals surface area contributed by atoms with Crippen LogP contribution in [0.1, 0.15) is 32.6 Å². The molecule has 0 spiro atoms. The van der Waals surface area contributed by atoms with Crippen LogP contribution in [0.15, 0.2) is 30.3 Å². The van der Waals surface area contributed by atoms with Gasteiger partial charge in [0, 0.05) is 6.04 Å². The Balaban J connectivity index is 1.70. The van der Waals surface area contributed by atoms with Crippen LogP contribution in [0.5, 0.6) is 0 Å². The molecule has 1 aromatic carbocycles. The zero-order chi connectivity index (χ0) is 14.1. The van der Waals surface area contributed by atoms with E-state index in [1.807, 2.05) is 18.2 Å². The van der Waals surface area contributed by atoms with Gasteiger partial charge in [0.1, 0.15) is 0 Å². The van der Waals surface area contributed by atoms with E-state index in [9.17, 15) is 9.59 Å². The van der Waals surface area contributed by atoms with E-state index in [1.54, 1.807) is 12.1 Å². The summed E-state index contributed by atoms with van der Waals surface area (Å²) in [4.78, 5) is 25.8. The van der Waals surface area contributed by atoms with E-state index in [2.05, 4.69) is 12.2 Å². The Kier molecular flexibility index (Phi) is 3.57. The van der Waals surface area contributed by atoms with Crippen molar-refractivity contribution >= 4 is 17.5 Å². The van der Waals surface area contributed by atoms with Gasteiger partial charge in [-0.25, -0.2) is 4.90 Å². The minimum absolute atomic E-state index is 0.112. The van der Waals surface area contributed by atoms with E-state index in [4.69, 9.17) is 0 Å². The first-order valence-corrected chi connectivity index (χ1v) is 7.34. The Labute approximate surface area is 119 Å². The highest BCUT2D eigenvalue weighted by Gasteiger charge is 2.40. The molecule has 2 atom stereocenters. The normalized spacial score (nSPS) is 24.9. The van der Waals surface area contributed by atoms with Crippen molar-refractivity contribution in [1.29, 1.82) is 0 Å². The fraction of sp³-hybridized carbons (Fsp3) is 0.500. The van der Waals surface area contributed by atoms with Gasteiger partial charge >= 0.3 is 0 Å². The summed E-state index contributed by atoms with van der Waals surface area (Å²) in [6.45, 7) is 2.12. The third kappa shape index (κ3) is 2.36. The first kappa shape index (κ1) is 13.3. The van der Waals surface area contributed by atoms with Crippen molar-refractivity contribution in [3.8, 4) is 0 Å². The number of nitrogens with zero attached hydrogens (tertiary/aromatic N) is 1. The number of anilines is 1. The summed E-state index contributed by atoms with van der Waals surface area (Å²) in [6, 6.07) is 9.10. The standard InChI is InChI=1S/C16H20N2O2/c1-11(12-6-5-7-12)17-14-10-15(19)18(16(14)20)13-8-3-2-4-9-13/h2-4,8-9,11-12,14,17H,5-7,10H2,1H3. The molecule has 106 valence electrons. The lowest BCUT2D eigenvalue weighted by Crippen LogP contribution is -2.46. The molecule has 3 rings (SSSR count). The van der Waals surface area contributed by atoms with Gasteiger partial charge in [-0.1, -0.05) is 24.6 Å². The monoisotopic (exact) mass is 272 g/mol. The number of para-hydroxylation sites is 1. The quantitative estimate of drug-likeness (QED) is 0.854. The maximum atomic E-state index is 12.4. The highest BCUT2D eigenvalue weighted by Crippen LogP contribution is 2.30. The number of benzene rings is 1. The first-order chi connectivity index (χ1) is 9.66. The molecule has 1 aliphatic carbocycles. The van der Waals surface area contributed by atoms with E-state index < -0.39 is 0 Å². The molecule has 1 saturated heterocycles. The molecule has 4 heteroatoms. The van der Waals surface area contributed by atoms with Crippen LogP contribution in [0.4, 0.5) is 5.69 Å². The van der Waals surface area contributed by atoms with Crippen LogP contribution < -0.4 is 10.2 Å². The van der Waals surface area contributed by atoms with Crippen molar-refractivity contribution in [2.75, 3.05) is 4.90 Å². The van der Waals surface area contributed by atoms with Crippen LogP contribution in [0.3, 0.4) is 0 Å². The molecule has 1 aliphatic heterocycles. The number of nitrogens with one attached hydrogen (secondary N) is 1. The topological polar surface area (TPSA) is 49.4 Å². The van der Waals surface area contributed by atoms with Gasteiger partial charge in [-0.15, -0.1) is 0 Å². The van der Waals surface area contributed by atoms with E-state index in [0.29, 0.717) is 17.6 Å². The summed E-state index contributed by atoms with van der Waals surface area (Å²) < 4.78 is 0. The minimum atomic E-state index is -0.363. The van der Waals surface area contributed by atoms with Crippen molar-refractivity contribution < 1.29 is 9.59 Å². The van der Waals surface area contributed by atoms with Gasteiger partial charge in [-0.3, -0.25) is 9.59 Å². The summed E-state index contributed by atoms with van der Waals surface area (Å²) in [5.74, 6) is 0.426. The smallest absolute Gasteiger partial charge is 0.251 e. The lowest BCUT2D eigenvalue weighted by Gasteiger charge is -2.33. The van der Waals surface area contributed by atoms with Gasteiger partial charge < -0.3 is 5.32 Å². The second kappa shape index (κ2) is 5.37. The lowest BCUT2D eigenvalue weighted by molar-refractivity contribution is -0.121.